The summed E-state index contributed by atoms with van der Waals surface area (Å²) in [6.45, 7) is 3.74. The molecular formula is C17H15ClN2O3. The lowest BCUT2D eigenvalue weighted by molar-refractivity contribution is 0.0696. The van der Waals surface area contributed by atoms with Crippen LogP contribution >= 0.6 is 11.6 Å². The van der Waals surface area contributed by atoms with Gasteiger partial charge in [0.15, 0.2) is 0 Å². The number of carbonyl (C=O) groups is 1. The molecule has 118 valence electrons. The largest absolute Gasteiger partial charge is 0.478 e. The molecule has 0 fully saturated rings. The van der Waals surface area contributed by atoms with E-state index in [4.69, 9.17) is 11.6 Å². The predicted octanol–water partition coefficient (Wildman–Crippen LogP) is 3.46. The van der Waals surface area contributed by atoms with E-state index in [-0.39, 0.29) is 11.3 Å². The third-order valence-electron chi connectivity index (χ3n) is 4.02. The lowest BCUT2D eigenvalue weighted by Gasteiger charge is -2.27. The third kappa shape index (κ3) is 2.53. The van der Waals surface area contributed by atoms with Gasteiger partial charge in [0.25, 0.3) is 0 Å². The third-order valence-corrected chi connectivity index (χ3v) is 4.25. The molecule has 2 N–H and O–H groups in total. The van der Waals surface area contributed by atoms with Crippen LogP contribution < -0.4 is 5.69 Å². The van der Waals surface area contributed by atoms with Crippen LogP contribution in [0.1, 0.15) is 29.8 Å². The molecule has 0 spiro atoms. The number of aromatic nitrogens is 2. The van der Waals surface area contributed by atoms with Crippen LogP contribution in [0.25, 0.3) is 11.0 Å². The van der Waals surface area contributed by atoms with Gasteiger partial charge < -0.3 is 10.1 Å². The number of carboxylic acids is 1. The Labute approximate surface area is 137 Å². The first-order chi connectivity index (χ1) is 10.8. The molecule has 1 heterocycles. The number of nitrogens with one attached hydrogen (secondary N) is 1. The van der Waals surface area contributed by atoms with Crippen molar-refractivity contribution in [1.82, 2.24) is 9.55 Å². The molecular weight excluding hydrogens is 316 g/mol. The number of imidazole rings is 1. The Kier molecular flexibility index (Phi) is 3.53. The second-order valence-corrected chi connectivity index (χ2v) is 6.31. The Balaban J connectivity index is 2.24. The molecule has 0 atom stereocenters. The highest BCUT2D eigenvalue weighted by molar-refractivity contribution is 6.31. The van der Waals surface area contributed by atoms with Crippen molar-refractivity contribution in [2.45, 2.75) is 19.4 Å². The molecule has 3 aromatic rings. The van der Waals surface area contributed by atoms with Crippen LogP contribution in [-0.4, -0.2) is 20.6 Å². The van der Waals surface area contributed by atoms with Crippen molar-refractivity contribution in [2.75, 3.05) is 0 Å². The molecule has 2 aromatic carbocycles. The van der Waals surface area contributed by atoms with E-state index in [0.717, 1.165) is 5.56 Å². The normalized spacial score (nSPS) is 11.8. The first-order valence-corrected chi connectivity index (χ1v) is 7.43. The highest BCUT2D eigenvalue weighted by atomic mass is 35.5. The van der Waals surface area contributed by atoms with Crippen molar-refractivity contribution in [3.8, 4) is 0 Å². The van der Waals surface area contributed by atoms with E-state index < -0.39 is 11.5 Å². The molecule has 0 saturated carbocycles. The number of benzene rings is 2. The lowest BCUT2D eigenvalue weighted by Crippen LogP contribution is -2.35. The number of H-pyrrole nitrogens is 1. The van der Waals surface area contributed by atoms with E-state index in [9.17, 15) is 14.7 Å². The maximum Gasteiger partial charge on any atom is 0.335 e. The summed E-state index contributed by atoms with van der Waals surface area (Å²) in [5, 5.41) is 9.71. The standard InChI is InChI=1S/C17H15ClN2O3/c1-17(2,11-5-3-4-10(8-11)15(21)22)20-14-7-6-12(18)9-13(14)19-16(20)23/h3-9H,1-2H3,(H,19,23)(H,21,22). The summed E-state index contributed by atoms with van der Waals surface area (Å²) < 4.78 is 1.61. The van der Waals surface area contributed by atoms with Crippen molar-refractivity contribution < 1.29 is 9.90 Å². The van der Waals surface area contributed by atoms with E-state index in [0.29, 0.717) is 16.1 Å². The quantitative estimate of drug-likeness (QED) is 0.772. The van der Waals surface area contributed by atoms with Gasteiger partial charge in [-0.1, -0.05) is 23.7 Å². The zero-order valence-electron chi connectivity index (χ0n) is 12.6. The minimum Gasteiger partial charge on any atom is -0.478 e. The Hall–Kier alpha value is -2.53. The van der Waals surface area contributed by atoms with Gasteiger partial charge >= 0.3 is 11.7 Å². The molecule has 0 saturated heterocycles. The number of carboxylic acid groups (broad SMARTS) is 1. The molecule has 0 unspecified atom stereocenters. The zero-order chi connectivity index (χ0) is 16.8. The second kappa shape index (κ2) is 5.28. The molecule has 5 nitrogen and oxygen atoms in total. The highest BCUT2D eigenvalue weighted by Crippen LogP contribution is 2.29. The maximum atomic E-state index is 12.4. The summed E-state index contributed by atoms with van der Waals surface area (Å²) in [4.78, 5) is 26.4. The SMILES string of the molecule is CC(C)(c1cccc(C(=O)O)c1)n1c(=O)[nH]c2cc(Cl)ccc21. The number of rotatable bonds is 3. The molecule has 6 heteroatoms. The number of hydrogen-bond acceptors (Lipinski definition) is 2. The number of aromatic amines is 1. The van der Waals surface area contributed by atoms with Gasteiger partial charge in [-0.15, -0.1) is 0 Å². The van der Waals surface area contributed by atoms with Gasteiger partial charge in [0.2, 0.25) is 0 Å². The molecule has 0 aliphatic carbocycles. The van der Waals surface area contributed by atoms with Crippen molar-refractivity contribution in [3.63, 3.8) is 0 Å². The Morgan fingerprint density at radius 2 is 1.96 bits per heavy atom. The molecule has 23 heavy (non-hydrogen) atoms. The fourth-order valence-corrected chi connectivity index (χ4v) is 2.97. The summed E-state index contributed by atoms with van der Waals surface area (Å²) >= 11 is 5.97. The molecule has 0 radical (unpaired) electrons. The van der Waals surface area contributed by atoms with Crippen LogP contribution in [0.4, 0.5) is 0 Å². The van der Waals surface area contributed by atoms with Gasteiger partial charge in [-0.05, 0) is 49.7 Å². The van der Waals surface area contributed by atoms with Gasteiger partial charge in [-0.2, -0.15) is 0 Å². The maximum absolute atomic E-state index is 12.4. The summed E-state index contributed by atoms with van der Waals surface area (Å²) in [5.74, 6) is -0.999. The highest BCUT2D eigenvalue weighted by Gasteiger charge is 2.27. The van der Waals surface area contributed by atoms with Gasteiger partial charge in [0.1, 0.15) is 0 Å². The number of halogens is 1. The average Bonchev–Trinajstić information content (AvgIpc) is 2.82. The summed E-state index contributed by atoms with van der Waals surface area (Å²) in [6.07, 6.45) is 0. The molecule has 1 aromatic heterocycles. The van der Waals surface area contributed by atoms with E-state index in [1.165, 1.54) is 6.07 Å². The topological polar surface area (TPSA) is 75.1 Å². The second-order valence-electron chi connectivity index (χ2n) is 5.87. The molecule has 0 bridgehead atoms. The first-order valence-electron chi connectivity index (χ1n) is 7.05. The van der Waals surface area contributed by atoms with Gasteiger partial charge in [-0.3, -0.25) is 4.57 Å². The summed E-state index contributed by atoms with van der Waals surface area (Å²) in [7, 11) is 0. The predicted molar refractivity (Wildman–Crippen MR) is 89.4 cm³/mol. The zero-order valence-corrected chi connectivity index (χ0v) is 13.4. The Bertz CT molecular complexity index is 969. The first kappa shape index (κ1) is 15.4. The Morgan fingerprint density at radius 3 is 2.65 bits per heavy atom. The fraction of sp³-hybridized carbons (Fsp3) is 0.176. The van der Waals surface area contributed by atoms with Crippen LogP contribution in [0.15, 0.2) is 47.3 Å². The minimum atomic E-state index is -0.999. The number of nitrogens with zero attached hydrogens (tertiary/aromatic N) is 1. The average molecular weight is 331 g/mol. The van der Waals surface area contributed by atoms with E-state index in [2.05, 4.69) is 4.98 Å². The van der Waals surface area contributed by atoms with Crippen molar-refractivity contribution >= 4 is 28.6 Å². The van der Waals surface area contributed by atoms with Crippen LogP contribution in [0.2, 0.25) is 5.02 Å². The summed E-state index contributed by atoms with van der Waals surface area (Å²) in [5.41, 5.74) is 1.28. The smallest absolute Gasteiger partial charge is 0.335 e. The minimum absolute atomic E-state index is 0.187. The molecule has 0 aliphatic heterocycles. The van der Waals surface area contributed by atoms with Crippen molar-refractivity contribution in [3.05, 3.63) is 69.1 Å². The fourth-order valence-electron chi connectivity index (χ4n) is 2.80. The number of aromatic carboxylic acids is 1. The number of fused-ring (bicyclic) bond motifs is 1. The van der Waals surface area contributed by atoms with E-state index >= 15 is 0 Å². The molecule has 0 aliphatic rings. The van der Waals surface area contributed by atoms with Gasteiger partial charge in [0.05, 0.1) is 22.1 Å². The van der Waals surface area contributed by atoms with E-state index in [1.807, 2.05) is 19.9 Å². The molecule has 0 amide bonds. The lowest BCUT2D eigenvalue weighted by atomic mass is 9.92. The van der Waals surface area contributed by atoms with Crippen LogP contribution in [0.3, 0.4) is 0 Å². The van der Waals surface area contributed by atoms with Crippen LogP contribution in [0, 0.1) is 0 Å². The number of hydrogen-bond donors (Lipinski definition) is 2. The Morgan fingerprint density at radius 1 is 1.22 bits per heavy atom. The van der Waals surface area contributed by atoms with Crippen LogP contribution in [0.5, 0.6) is 0 Å². The van der Waals surface area contributed by atoms with Crippen molar-refractivity contribution in [1.29, 1.82) is 0 Å². The summed E-state index contributed by atoms with van der Waals surface area (Å²) in [6, 6.07) is 11.8. The van der Waals surface area contributed by atoms with Crippen molar-refractivity contribution in [2.24, 2.45) is 0 Å². The van der Waals surface area contributed by atoms with Gasteiger partial charge in [-0.25, -0.2) is 9.59 Å². The van der Waals surface area contributed by atoms with E-state index in [1.54, 1.807) is 34.9 Å². The van der Waals surface area contributed by atoms with Gasteiger partial charge in [0, 0.05) is 5.02 Å². The molecule has 3 rings (SSSR count). The van der Waals surface area contributed by atoms with Crippen LogP contribution in [-0.2, 0) is 5.54 Å². The monoisotopic (exact) mass is 330 g/mol.